The number of nitrogens with one attached hydrogen (secondary N) is 1. The van der Waals surface area contributed by atoms with Gasteiger partial charge in [-0.15, -0.1) is 0 Å². The minimum atomic E-state index is -0.930. The van der Waals surface area contributed by atoms with Crippen molar-refractivity contribution in [2.45, 2.75) is 6.92 Å². The van der Waals surface area contributed by atoms with Crippen LogP contribution in [0.1, 0.15) is 12.5 Å². The highest BCUT2D eigenvalue weighted by Crippen LogP contribution is 2.14. The molecule has 0 aromatic heterocycles. The lowest BCUT2D eigenvalue weighted by atomic mass is 10.2. The Hall–Kier alpha value is -3.23. The molecular formula is C14H14N2O7. The monoisotopic (exact) mass is 322 g/mol. The minimum absolute atomic E-state index is 0.102. The maximum Gasteiger partial charge on any atom is 0.413 e. The lowest BCUT2D eigenvalue weighted by Gasteiger charge is -2.04. The van der Waals surface area contributed by atoms with E-state index in [9.17, 15) is 24.5 Å². The van der Waals surface area contributed by atoms with Gasteiger partial charge < -0.3 is 9.47 Å². The molecule has 1 aromatic rings. The summed E-state index contributed by atoms with van der Waals surface area (Å²) in [6.07, 6.45) is 1.38. The van der Waals surface area contributed by atoms with E-state index in [0.29, 0.717) is 5.56 Å². The Labute approximate surface area is 131 Å². The van der Waals surface area contributed by atoms with Crippen molar-refractivity contribution in [1.82, 2.24) is 5.32 Å². The second-order valence-electron chi connectivity index (χ2n) is 4.06. The molecule has 23 heavy (non-hydrogen) atoms. The quantitative estimate of drug-likeness (QED) is 0.363. The number of hydrogen-bond acceptors (Lipinski definition) is 7. The Morgan fingerprint density at radius 3 is 2.70 bits per heavy atom. The first-order chi connectivity index (χ1) is 10.9. The van der Waals surface area contributed by atoms with Gasteiger partial charge in [-0.1, -0.05) is 12.1 Å². The zero-order valence-electron chi connectivity index (χ0n) is 12.2. The molecule has 9 nitrogen and oxygen atoms in total. The van der Waals surface area contributed by atoms with Crippen LogP contribution in [0, 0.1) is 10.1 Å². The van der Waals surface area contributed by atoms with Crippen molar-refractivity contribution in [2.75, 3.05) is 13.2 Å². The highest BCUT2D eigenvalue weighted by atomic mass is 16.6. The average molecular weight is 322 g/mol. The predicted molar refractivity (Wildman–Crippen MR) is 78.3 cm³/mol. The van der Waals surface area contributed by atoms with E-state index in [2.05, 4.69) is 9.47 Å². The van der Waals surface area contributed by atoms with Crippen molar-refractivity contribution in [1.29, 1.82) is 0 Å². The molecule has 2 amide bonds. The zero-order valence-corrected chi connectivity index (χ0v) is 12.2. The number of nitro benzene ring substituents is 1. The van der Waals surface area contributed by atoms with Crippen molar-refractivity contribution in [2.24, 2.45) is 0 Å². The molecular weight excluding hydrogens is 308 g/mol. The molecule has 0 aliphatic rings. The molecule has 0 saturated heterocycles. The van der Waals surface area contributed by atoms with Crippen LogP contribution in [0.5, 0.6) is 0 Å². The largest absolute Gasteiger partial charge is 0.452 e. The Morgan fingerprint density at radius 1 is 1.30 bits per heavy atom. The number of benzene rings is 1. The minimum Gasteiger partial charge on any atom is -0.452 e. The number of nitrogens with zero attached hydrogens (tertiary/aromatic N) is 1. The number of alkyl carbamates (subject to hydrolysis) is 1. The standard InChI is InChI=1S/C14H14N2O7/c1-2-22-14(19)15-12(17)9-23-13(18)7-6-10-4-3-5-11(8-10)16(20)21/h3-8H,2,9H2,1H3,(H,15,17,19)/b7-6+. The molecule has 0 fully saturated rings. The first-order valence-electron chi connectivity index (χ1n) is 6.48. The van der Waals surface area contributed by atoms with Crippen LogP contribution in [0.15, 0.2) is 30.3 Å². The van der Waals surface area contributed by atoms with Gasteiger partial charge in [0.2, 0.25) is 0 Å². The van der Waals surface area contributed by atoms with Gasteiger partial charge in [-0.3, -0.25) is 20.2 Å². The van der Waals surface area contributed by atoms with E-state index in [1.165, 1.54) is 24.3 Å². The first kappa shape index (κ1) is 17.8. The summed E-state index contributed by atoms with van der Waals surface area (Å²) in [5.41, 5.74) is 0.307. The number of esters is 1. The molecule has 0 aliphatic heterocycles. The van der Waals surface area contributed by atoms with Gasteiger partial charge in [0.1, 0.15) is 0 Å². The molecule has 0 unspecified atom stereocenters. The van der Waals surface area contributed by atoms with E-state index < -0.39 is 29.5 Å². The Balaban J connectivity index is 2.47. The fraction of sp³-hybridized carbons (Fsp3) is 0.214. The summed E-state index contributed by atoms with van der Waals surface area (Å²) in [5, 5.41) is 12.5. The van der Waals surface area contributed by atoms with E-state index in [1.54, 1.807) is 13.0 Å². The van der Waals surface area contributed by atoms with Crippen LogP contribution < -0.4 is 5.32 Å². The lowest BCUT2D eigenvalue weighted by Crippen LogP contribution is -2.34. The number of hydrogen-bond donors (Lipinski definition) is 1. The summed E-state index contributed by atoms with van der Waals surface area (Å²) in [6.45, 7) is 1.02. The number of nitro groups is 1. The molecule has 0 radical (unpaired) electrons. The number of imide groups is 1. The molecule has 0 heterocycles. The number of non-ortho nitro benzene ring substituents is 1. The fourth-order valence-corrected chi connectivity index (χ4v) is 1.41. The molecule has 9 heteroatoms. The molecule has 0 saturated carbocycles. The summed E-state index contributed by atoms with van der Waals surface area (Å²) >= 11 is 0. The molecule has 0 aliphatic carbocycles. The Morgan fingerprint density at radius 2 is 2.04 bits per heavy atom. The maximum atomic E-state index is 11.4. The third-order valence-corrected chi connectivity index (χ3v) is 2.36. The highest BCUT2D eigenvalue weighted by molar-refractivity contribution is 5.94. The fourth-order valence-electron chi connectivity index (χ4n) is 1.41. The van der Waals surface area contributed by atoms with Crippen LogP contribution in [0.2, 0.25) is 0 Å². The number of rotatable bonds is 6. The molecule has 122 valence electrons. The van der Waals surface area contributed by atoms with Crippen molar-refractivity contribution >= 4 is 29.7 Å². The molecule has 0 atom stereocenters. The van der Waals surface area contributed by atoms with Crippen LogP contribution in [-0.2, 0) is 19.1 Å². The smallest absolute Gasteiger partial charge is 0.413 e. The second-order valence-corrected chi connectivity index (χ2v) is 4.06. The summed E-state index contributed by atoms with van der Waals surface area (Å²) in [4.78, 5) is 43.6. The summed E-state index contributed by atoms with van der Waals surface area (Å²) in [7, 11) is 0. The number of ether oxygens (including phenoxy) is 2. The zero-order chi connectivity index (χ0) is 17.2. The van der Waals surface area contributed by atoms with Crippen LogP contribution >= 0.6 is 0 Å². The van der Waals surface area contributed by atoms with Crippen molar-refractivity contribution in [3.05, 3.63) is 46.0 Å². The SMILES string of the molecule is CCOC(=O)NC(=O)COC(=O)/C=C/c1cccc([N+](=O)[O-])c1. The molecule has 1 N–H and O–H groups in total. The van der Waals surface area contributed by atoms with Gasteiger partial charge in [-0.25, -0.2) is 9.59 Å². The first-order valence-corrected chi connectivity index (χ1v) is 6.48. The van der Waals surface area contributed by atoms with E-state index in [1.807, 2.05) is 5.32 Å². The number of carbonyl (C=O) groups excluding carboxylic acids is 3. The summed E-state index contributed by atoms with van der Waals surface area (Å²) < 4.78 is 9.08. The normalized spacial score (nSPS) is 10.1. The molecule has 1 aromatic carbocycles. The summed E-state index contributed by atoms with van der Waals surface area (Å²) in [6, 6.07) is 5.62. The molecule has 0 bridgehead atoms. The highest BCUT2D eigenvalue weighted by Gasteiger charge is 2.10. The topological polar surface area (TPSA) is 125 Å². The van der Waals surface area contributed by atoms with Gasteiger partial charge in [0.05, 0.1) is 11.5 Å². The predicted octanol–water partition coefficient (Wildman–Crippen LogP) is 1.42. The number of amides is 2. The maximum absolute atomic E-state index is 11.4. The van der Waals surface area contributed by atoms with Crippen molar-refractivity contribution < 1.29 is 28.8 Å². The van der Waals surface area contributed by atoms with E-state index in [-0.39, 0.29) is 12.3 Å². The van der Waals surface area contributed by atoms with Gasteiger partial charge in [0.25, 0.3) is 11.6 Å². The third-order valence-electron chi connectivity index (χ3n) is 2.36. The van der Waals surface area contributed by atoms with Gasteiger partial charge in [-0.05, 0) is 18.6 Å². The van der Waals surface area contributed by atoms with Crippen LogP contribution in [0.3, 0.4) is 0 Å². The van der Waals surface area contributed by atoms with Gasteiger partial charge in [-0.2, -0.15) is 0 Å². The van der Waals surface area contributed by atoms with Crippen molar-refractivity contribution in [3.8, 4) is 0 Å². The van der Waals surface area contributed by atoms with E-state index in [4.69, 9.17) is 0 Å². The average Bonchev–Trinajstić information content (AvgIpc) is 2.51. The third kappa shape index (κ3) is 6.85. The Bertz CT molecular complexity index is 640. The van der Waals surface area contributed by atoms with Gasteiger partial charge in [0.15, 0.2) is 6.61 Å². The van der Waals surface area contributed by atoms with Gasteiger partial charge in [0, 0.05) is 18.2 Å². The van der Waals surface area contributed by atoms with Gasteiger partial charge >= 0.3 is 12.1 Å². The lowest BCUT2D eigenvalue weighted by molar-refractivity contribution is -0.384. The van der Waals surface area contributed by atoms with Crippen LogP contribution in [-0.4, -0.2) is 36.1 Å². The number of carbonyl (C=O) groups is 3. The Kier molecular flexibility index (Phi) is 6.92. The van der Waals surface area contributed by atoms with E-state index in [0.717, 1.165) is 6.08 Å². The molecule has 0 spiro atoms. The van der Waals surface area contributed by atoms with Crippen molar-refractivity contribution in [3.63, 3.8) is 0 Å². The van der Waals surface area contributed by atoms with Crippen LogP contribution in [0.25, 0.3) is 6.08 Å². The van der Waals surface area contributed by atoms with E-state index >= 15 is 0 Å². The summed E-state index contributed by atoms with van der Waals surface area (Å²) in [5.74, 6) is -1.67. The molecule has 1 rings (SSSR count). The van der Waals surface area contributed by atoms with Crippen LogP contribution in [0.4, 0.5) is 10.5 Å². The second kappa shape index (κ2) is 8.93.